The van der Waals surface area contributed by atoms with Crippen molar-refractivity contribution in [3.63, 3.8) is 0 Å². The molecule has 1 aromatic carbocycles. The first kappa shape index (κ1) is 16.1. The minimum absolute atomic E-state index is 0.189. The van der Waals surface area contributed by atoms with E-state index in [1.54, 1.807) is 6.07 Å². The third-order valence-corrected chi connectivity index (χ3v) is 4.36. The van der Waals surface area contributed by atoms with Crippen LogP contribution in [0.3, 0.4) is 0 Å². The molecule has 1 heterocycles. The Kier molecular flexibility index (Phi) is 5.11. The van der Waals surface area contributed by atoms with Crippen LogP contribution in [0.5, 0.6) is 0 Å². The molecule has 0 spiro atoms. The van der Waals surface area contributed by atoms with Crippen LogP contribution in [-0.4, -0.2) is 15.8 Å². The maximum absolute atomic E-state index is 13.2. The monoisotopic (exact) mass is 357 g/mol. The van der Waals surface area contributed by atoms with Crippen LogP contribution < -0.4 is 5.73 Å². The molecule has 2 rings (SSSR count). The van der Waals surface area contributed by atoms with E-state index in [2.05, 4.69) is 21.0 Å². The number of rotatable bonds is 5. The van der Waals surface area contributed by atoms with Gasteiger partial charge in [0, 0.05) is 19.5 Å². The number of hydrogen-bond donors (Lipinski definition) is 1. The van der Waals surface area contributed by atoms with Gasteiger partial charge in [0.05, 0.1) is 15.9 Å². The molecule has 0 amide bonds. The van der Waals surface area contributed by atoms with E-state index >= 15 is 0 Å². The molecule has 21 heavy (non-hydrogen) atoms. The van der Waals surface area contributed by atoms with Crippen molar-refractivity contribution in [3.8, 4) is 0 Å². The number of benzene rings is 1. The summed E-state index contributed by atoms with van der Waals surface area (Å²) < 4.78 is 28.9. The van der Waals surface area contributed by atoms with Crippen LogP contribution in [0.25, 0.3) is 0 Å². The molecule has 0 saturated carbocycles. The van der Waals surface area contributed by atoms with Crippen molar-refractivity contribution < 1.29 is 8.78 Å². The Morgan fingerprint density at radius 3 is 2.57 bits per heavy atom. The van der Waals surface area contributed by atoms with Gasteiger partial charge >= 0.3 is 0 Å². The zero-order valence-corrected chi connectivity index (χ0v) is 13.6. The fourth-order valence-electron chi connectivity index (χ4n) is 2.33. The van der Waals surface area contributed by atoms with E-state index < -0.39 is 11.6 Å². The molecule has 0 bridgehead atoms. The van der Waals surface area contributed by atoms with E-state index in [0.717, 1.165) is 28.3 Å². The second-order valence-electron chi connectivity index (χ2n) is 5.10. The average Bonchev–Trinajstić information content (AvgIpc) is 2.70. The summed E-state index contributed by atoms with van der Waals surface area (Å²) in [6.07, 6.45) is 1.94. The Morgan fingerprint density at radius 1 is 1.29 bits per heavy atom. The van der Waals surface area contributed by atoms with E-state index in [-0.39, 0.29) is 6.04 Å². The Labute approximate surface area is 131 Å². The van der Waals surface area contributed by atoms with Crippen molar-refractivity contribution >= 4 is 15.9 Å². The summed E-state index contributed by atoms with van der Waals surface area (Å²) in [5, 5.41) is 4.42. The van der Waals surface area contributed by atoms with Gasteiger partial charge in [0.1, 0.15) is 0 Å². The van der Waals surface area contributed by atoms with Gasteiger partial charge < -0.3 is 5.73 Å². The highest BCUT2D eigenvalue weighted by Gasteiger charge is 2.16. The molecule has 0 radical (unpaired) electrons. The Bertz CT molecular complexity index is 640. The Morgan fingerprint density at radius 2 is 2.00 bits per heavy atom. The summed E-state index contributed by atoms with van der Waals surface area (Å²) in [6, 6.07) is 3.71. The number of hydrogen-bond acceptors (Lipinski definition) is 2. The van der Waals surface area contributed by atoms with Crippen molar-refractivity contribution in [3.05, 3.63) is 51.3 Å². The maximum Gasteiger partial charge on any atom is 0.159 e. The van der Waals surface area contributed by atoms with Gasteiger partial charge in [-0.3, -0.25) is 4.68 Å². The molecule has 0 fully saturated rings. The molecule has 2 aromatic rings. The molecule has 0 aliphatic carbocycles. The van der Waals surface area contributed by atoms with Crippen LogP contribution >= 0.6 is 15.9 Å². The van der Waals surface area contributed by atoms with Crippen molar-refractivity contribution in [1.82, 2.24) is 9.78 Å². The van der Waals surface area contributed by atoms with Crippen molar-refractivity contribution in [1.29, 1.82) is 0 Å². The van der Waals surface area contributed by atoms with E-state index in [0.29, 0.717) is 18.4 Å². The van der Waals surface area contributed by atoms with Gasteiger partial charge in [0.15, 0.2) is 11.6 Å². The van der Waals surface area contributed by atoms with E-state index in [4.69, 9.17) is 5.73 Å². The molecule has 1 atom stereocenters. The molecule has 0 aliphatic rings. The quantitative estimate of drug-likeness (QED) is 0.893. The molecule has 1 unspecified atom stereocenters. The zero-order valence-electron chi connectivity index (χ0n) is 12.0. The van der Waals surface area contributed by atoms with E-state index in [1.807, 2.05) is 18.7 Å². The normalized spacial score (nSPS) is 12.7. The van der Waals surface area contributed by atoms with Crippen LogP contribution in [0.15, 0.2) is 22.7 Å². The predicted molar refractivity (Wildman–Crippen MR) is 82.0 cm³/mol. The molecule has 2 N–H and O–H groups in total. The van der Waals surface area contributed by atoms with Crippen molar-refractivity contribution in [2.75, 3.05) is 0 Å². The first-order chi connectivity index (χ1) is 9.92. The van der Waals surface area contributed by atoms with Gasteiger partial charge in [-0.05, 0) is 46.5 Å². The first-order valence-electron chi connectivity index (χ1n) is 6.82. The lowest BCUT2D eigenvalue weighted by atomic mass is 10.0. The van der Waals surface area contributed by atoms with Gasteiger partial charge in [-0.25, -0.2) is 8.78 Å². The molecular weight excluding hydrogens is 340 g/mol. The van der Waals surface area contributed by atoms with Crippen LogP contribution in [0.1, 0.15) is 23.9 Å². The van der Waals surface area contributed by atoms with Crippen LogP contribution in [-0.2, 0) is 26.3 Å². The summed E-state index contributed by atoms with van der Waals surface area (Å²) in [7, 11) is 1.88. The average molecular weight is 358 g/mol. The molecule has 6 heteroatoms. The second-order valence-corrected chi connectivity index (χ2v) is 5.89. The molecule has 0 aliphatic heterocycles. The van der Waals surface area contributed by atoms with Crippen LogP contribution in [0.2, 0.25) is 0 Å². The lowest BCUT2D eigenvalue weighted by Crippen LogP contribution is -2.26. The minimum atomic E-state index is -0.839. The highest BCUT2D eigenvalue weighted by molar-refractivity contribution is 9.10. The Balaban J connectivity index is 2.09. The number of aryl methyl sites for hydroxylation is 2. The molecule has 114 valence electrons. The third-order valence-electron chi connectivity index (χ3n) is 3.44. The number of nitrogens with zero attached hydrogens (tertiary/aromatic N) is 2. The summed E-state index contributed by atoms with van der Waals surface area (Å²) in [4.78, 5) is 0. The first-order valence-corrected chi connectivity index (χ1v) is 7.61. The summed E-state index contributed by atoms with van der Waals surface area (Å²) >= 11 is 3.55. The smallest absolute Gasteiger partial charge is 0.159 e. The topological polar surface area (TPSA) is 43.8 Å². The summed E-state index contributed by atoms with van der Waals surface area (Å²) in [6.45, 7) is 2.04. The highest BCUT2D eigenvalue weighted by Crippen LogP contribution is 2.23. The van der Waals surface area contributed by atoms with Gasteiger partial charge in [0.25, 0.3) is 0 Å². The summed E-state index contributed by atoms with van der Waals surface area (Å²) in [5.41, 5.74) is 8.84. The zero-order chi connectivity index (χ0) is 15.6. The van der Waals surface area contributed by atoms with Gasteiger partial charge in [-0.1, -0.05) is 13.0 Å². The standard InChI is InChI=1S/C15H18BrF2N3/c1-3-13-15(16)14(21(2)20-13)8-10(19)6-9-4-5-11(17)12(18)7-9/h4-5,7,10H,3,6,8,19H2,1-2H3. The molecule has 3 nitrogen and oxygen atoms in total. The SMILES string of the molecule is CCc1nn(C)c(CC(N)Cc2ccc(F)c(F)c2)c1Br. The van der Waals surface area contributed by atoms with Gasteiger partial charge in [0.2, 0.25) is 0 Å². The van der Waals surface area contributed by atoms with E-state index in [9.17, 15) is 8.78 Å². The minimum Gasteiger partial charge on any atom is -0.327 e. The molecular formula is C15H18BrF2N3. The highest BCUT2D eigenvalue weighted by atomic mass is 79.9. The lowest BCUT2D eigenvalue weighted by molar-refractivity contribution is 0.505. The van der Waals surface area contributed by atoms with Gasteiger partial charge in [-0.15, -0.1) is 0 Å². The maximum atomic E-state index is 13.2. The fourth-order valence-corrected chi connectivity index (χ4v) is 3.11. The number of halogens is 3. The predicted octanol–water partition coefficient (Wildman–Crippen LogP) is 3.14. The third kappa shape index (κ3) is 3.68. The molecule has 1 aromatic heterocycles. The van der Waals surface area contributed by atoms with Gasteiger partial charge in [-0.2, -0.15) is 5.10 Å². The number of nitrogens with two attached hydrogens (primary N) is 1. The lowest BCUT2D eigenvalue weighted by Gasteiger charge is -2.12. The Hall–Kier alpha value is -1.27. The van der Waals surface area contributed by atoms with E-state index in [1.165, 1.54) is 6.07 Å². The fraction of sp³-hybridized carbons (Fsp3) is 0.400. The summed E-state index contributed by atoms with van der Waals surface area (Å²) in [5.74, 6) is -1.68. The number of aromatic nitrogens is 2. The van der Waals surface area contributed by atoms with Crippen LogP contribution in [0, 0.1) is 11.6 Å². The second kappa shape index (κ2) is 6.66. The van der Waals surface area contributed by atoms with Crippen molar-refractivity contribution in [2.45, 2.75) is 32.2 Å². The van der Waals surface area contributed by atoms with Crippen molar-refractivity contribution in [2.24, 2.45) is 12.8 Å². The van der Waals surface area contributed by atoms with Crippen LogP contribution in [0.4, 0.5) is 8.78 Å². The largest absolute Gasteiger partial charge is 0.327 e. The molecule has 0 saturated heterocycles.